The minimum absolute atomic E-state index is 0.120. The monoisotopic (exact) mass is 363 g/mol. The van der Waals surface area contributed by atoms with Gasteiger partial charge in [0.05, 0.1) is 0 Å². The van der Waals surface area contributed by atoms with Crippen molar-refractivity contribution in [3.05, 3.63) is 0 Å². The van der Waals surface area contributed by atoms with Gasteiger partial charge in [0, 0.05) is 39.0 Å². The Kier molecular flexibility index (Phi) is 15.4. The Hall–Kier alpha value is -0.673. The zero-order valence-electron chi connectivity index (χ0n) is 15.7. The van der Waals surface area contributed by atoms with Crippen LogP contribution in [0.2, 0.25) is 6.04 Å². The van der Waals surface area contributed by atoms with Crippen molar-refractivity contribution in [1.29, 1.82) is 0 Å². The predicted octanol–water partition coefficient (Wildman–Crippen LogP) is 2.24. The Morgan fingerprint density at radius 3 is 1.83 bits per heavy atom. The summed E-state index contributed by atoms with van der Waals surface area (Å²) in [6.45, 7) is 9.58. The first-order valence-corrected chi connectivity index (χ1v) is 11.2. The van der Waals surface area contributed by atoms with E-state index in [9.17, 15) is 4.79 Å². The van der Waals surface area contributed by atoms with E-state index in [1.165, 1.54) is 0 Å². The van der Waals surface area contributed by atoms with Crippen molar-refractivity contribution < 1.29 is 18.1 Å². The lowest BCUT2D eigenvalue weighted by molar-refractivity contribution is 0.0708. The molecule has 0 aliphatic rings. The highest BCUT2D eigenvalue weighted by molar-refractivity contribution is 6.60. The van der Waals surface area contributed by atoms with Crippen molar-refractivity contribution in [3.63, 3.8) is 0 Å². The third-order valence-corrected chi connectivity index (χ3v) is 6.61. The van der Waals surface area contributed by atoms with Crippen molar-refractivity contribution in [1.82, 2.24) is 10.6 Å². The zero-order valence-corrected chi connectivity index (χ0v) is 16.7. The highest BCUT2D eigenvalue weighted by atomic mass is 28.4. The molecule has 0 aliphatic heterocycles. The van der Waals surface area contributed by atoms with Gasteiger partial charge in [-0.2, -0.15) is 0 Å². The van der Waals surface area contributed by atoms with E-state index in [-0.39, 0.29) is 6.03 Å². The van der Waals surface area contributed by atoms with Gasteiger partial charge in [-0.05, 0) is 46.6 Å². The fourth-order valence-corrected chi connectivity index (χ4v) is 5.01. The summed E-state index contributed by atoms with van der Waals surface area (Å²) < 4.78 is 17.4. The second-order valence-corrected chi connectivity index (χ2v) is 8.20. The number of carbonyl (C=O) groups excluding carboxylic acids is 1. The van der Waals surface area contributed by atoms with Crippen LogP contribution >= 0.6 is 0 Å². The van der Waals surface area contributed by atoms with Crippen LogP contribution in [0.1, 0.15) is 52.9 Å². The molecule has 0 fully saturated rings. The molecular formula is C16H37N3O4Si. The van der Waals surface area contributed by atoms with E-state index in [1.807, 2.05) is 20.8 Å². The molecule has 0 heterocycles. The summed E-state index contributed by atoms with van der Waals surface area (Å²) in [5.74, 6) is 0. The van der Waals surface area contributed by atoms with Gasteiger partial charge >= 0.3 is 14.8 Å². The molecule has 0 aromatic carbocycles. The van der Waals surface area contributed by atoms with Gasteiger partial charge in [-0.3, -0.25) is 0 Å². The molecular weight excluding hydrogens is 326 g/mol. The SMILES string of the molecule is CCO[Si](CCCNC(=O)NCCCCCCN)(OCC)OCC. The van der Waals surface area contributed by atoms with Gasteiger partial charge in [0.1, 0.15) is 0 Å². The topological polar surface area (TPSA) is 94.8 Å². The number of nitrogens with two attached hydrogens (primary N) is 1. The molecule has 0 unspecified atom stereocenters. The third-order valence-electron chi connectivity index (χ3n) is 3.45. The van der Waals surface area contributed by atoms with E-state index in [0.717, 1.165) is 38.6 Å². The molecule has 8 heteroatoms. The van der Waals surface area contributed by atoms with Crippen LogP contribution in [-0.2, 0) is 13.3 Å². The summed E-state index contributed by atoms with van der Waals surface area (Å²) >= 11 is 0. The predicted molar refractivity (Wildman–Crippen MR) is 99.0 cm³/mol. The standard InChI is InChI=1S/C16H37N3O4Si/c1-4-21-24(22-5-2,23-6-3)15-11-14-19-16(20)18-13-10-8-7-9-12-17/h4-15,17H2,1-3H3,(H2,18,19,20). The molecule has 0 rings (SSSR count). The van der Waals surface area contributed by atoms with Crippen molar-refractivity contribution >= 4 is 14.8 Å². The fraction of sp³-hybridized carbons (Fsp3) is 0.938. The summed E-state index contributed by atoms with van der Waals surface area (Å²) in [5, 5.41) is 5.74. The summed E-state index contributed by atoms with van der Waals surface area (Å²) in [7, 11) is -2.59. The average molecular weight is 364 g/mol. The lowest BCUT2D eigenvalue weighted by atomic mass is 10.2. The number of unbranched alkanes of at least 4 members (excludes halogenated alkanes) is 3. The third kappa shape index (κ3) is 11.8. The van der Waals surface area contributed by atoms with E-state index >= 15 is 0 Å². The number of hydrogen-bond donors (Lipinski definition) is 3. The zero-order chi connectivity index (χ0) is 18.1. The first-order chi connectivity index (χ1) is 11.6. The number of rotatable bonds is 16. The minimum atomic E-state index is -2.59. The van der Waals surface area contributed by atoms with Gasteiger partial charge in [-0.1, -0.05) is 12.8 Å². The second kappa shape index (κ2) is 15.8. The highest BCUT2D eigenvalue weighted by Gasteiger charge is 2.39. The Morgan fingerprint density at radius 1 is 0.833 bits per heavy atom. The van der Waals surface area contributed by atoms with Crippen LogP contribution in [-0.4, -0.2) is 54.3 Å². The molecule has 0 aromatic rings. The molecule has 0 saturated heterocycles. The molecule has 0 aromatic heterocycles. The van der Waals surface area contributed by atoms with Crippen LogP contribution < -0.4 is 16.4 Å². The molecule has 0 radical (unpaired) electrons. The van der Waals surface area contributed by atoms with Crippen LogP contribution in [0.4, 0.5) is 4.79 Å². The van der Waals surface area contributed by atoms with E-state index in [0.29, 0.717) is 39.0 Å². The highest BCUT2D eigenvalue weighted by Crippen LogP contribution is 2.17. The summed E-state index contributed by atoms with van der Waals surface area (Å²) in [5.41, 5.74) is 5.44. The molecule has 7 nitrogen and oxygen atoms in total. The lowest BCUT2D eigenvalue weighted by Crippen LogP contribution is -2.46. The van der Waals surface area contributed by atoms with Gasteiger partial charge < -0.3 is 29.6 Å². The Bertz CT molecular complexity index is 292. The fourth-order valence-electron chi connectivity index (χ4n) is 2.40. The maximum atomic E-state index is 11.7. The summed E-state index contributed by atoms with van der Waals surface area (Å²) in [6.07, 6.45) is 5.04. The maximum absolute atomic E-state index is 11.7. The van der Waals surface area contributed by atoms with Gasteiger partial charge in [0.15, 0.2) is 0 Å². The molecule has 24 heavy (non-hydrogen) atoms. The molecule has 0 atom stereocenters. The van der Waals surface area contributed by atoms with E-state index in [2.05, 4.69) is 10.6 Å². The molecule has 0 aliphatic carbocycles. The average Bonchev–Trinajstić information content (AvgIpc) is 2.56. The Labute approximate surface area is 148 Å². The molecule has 0 saturated carbocycles. The lowest BCUT2D eigenvalue weighted by Gasteiger charge is -2.28. The van der Waals surface area contributed by atoms with E-state index in [1.54, 1.807) is 0 Å². The number of urea groups is 1. The van der Waals surface area contributed by atoms with Crippen LogP contribution in [0.25, 0.3) is 0 Å². The van der Waals surface area contributed by atoms with E-state index < -0.39 is 8.80 Å². The van der Waals surface area contributed by atoms with Crippen LogP contribution in [0.3, 0.4) is 0 Å². The second-order valence-electron chi connectivity index (χ2n) is 5.47. The van der Waals surface area contributed by atoms with Crippen molar-refractivity contribution in [3.8, 4) is 0 Å². The Morgan fingerprint density at radius 2 is 1.33 bits per heavy atom. The molecule has 0 spiro atoms. The number of carbonyl (C=O) groups is 1. The summed E-state index contributed by atoms with van der Waals surface area (Å²) in [6, 6.07) is 0.590. The van der Waals surface area contributed by atoms with Crippen molar-refractivity contribution in [2.45, 2.75) is 58.9 Å². The summed E-state index contributed by atoms with van der Waals surface area (Å²) in [4.78, 5) is 11.7. The first kappa shape index (κ1) is 23.3. The minimum Gasteiger partial charge on any atom is -0.374 e. The maximum Gasteiger partial charge on any atom is 0.500 e. The van der Waals surface area contributed by atoms with Crippen LogP contribution in [0.15, 0.2) is 0 Å². The first-order valence-electron chi connectivity index (χ1n) is 9.27. The van der Waals surface area contributed by atoms with Gasteiger partial charge in [0.25, 0.3) is 0 Å². The van der Waals surface area contributed by atoms with Gasteiger partial charge in [-0.25, -0.2) is 4.79 Å². The Balaban J connectivity index is 3.87. The van der Waals surface area contributed by atoms with Crippen molar-refractivity contribution in [2.75, 3.05) is 39.5 Å². The normalized spacial score (nSPS) is 11.5. The number of nitrogens with one attached hydrogen (secondary N) is 2. The van der Waals surface area contributed by atoms with Gasteiger partial charge in [-0.15, -0.1) is 0 Å². The van der Waals surface area contributed by atoms with Crippen LogP contribution in [0.5, 0.6) is 0 Å². The molecule has 144 valence electrons. The van der Waals surface area contributed by atoms with Gasteiger partial charge in [0.2, 0.25) is 0 Å². The number of hydrogen-bond acceptors (Lipinski definition) is 5. The largest absolute Gasteiger partial charge is 0.500 e. The van der Waals surface area contributed by atoms with Crippen LogP contribution in [0, 0.1) is 0 Å². The molecule has 0 bridgehead atoms. The molecule has 4 N–H and O–H groups in total. The smallest absolute Gasteiger partial charge is 0.374 e. The molecule has 2 amide bonds. The number of amides is 2. The van der Waals surface area contributed by atoms with Crippen molar-refractivity contribution in [2.24, 2.45) is 5.73 Å². The quantitative estimate of drug-likeness (QED) is 0.289. The van der Waals surface area contributed by atoms with E-state index in [4.69, 9.17) is 19.0 Å².